The van der Waals surface area contributed by atoms with E-state index in [4.69, 9.17) is 18.4 Å². The van der Waals surface area contributed by atoms with Crippen molar-refractivity contribution in [1.82, 2.24) is 10.1 Å². The average Bonchev–Trinajstić information content (AvgIpc) is 3.38. The van der Waals surface area contributed by atoms with Gasteiger partial charge in [-0.1, -0.05) is 5.16 Å². The molecule has 0 atom stereocenters. The van der Waals surface area contributed by atoms with E-state index in [1.54, 1.807) is 49.6 Å². The van der Waals surface area contributed by atoms with E-state index in [1.165, 1.54) is 0 Å². The maximum absolute atomic E-state index is 13.1. The van der Waals surface area contributed by atoms with E-state index in [1.807, 2.05) is 0 Å². The zero-order valence-electron chi connectivity index (χ0n) is 14.9. The zero-order chi connectivity index (χ0) is 19.1. The first-order chi connectivity index (χ1) is 13.7. The molecule has 8 nitrogen and oxygen atoms in total. The lowest BCUT2D eigenvalue weighted by atomic mass is 10.1. The molecular formula is C20H15N3O5. The molecule has 0 bridgehead atoms. The number of pyridine rings is 1. The molecule has 4 aromatic rings. The summed E-state index contributed by atoms with van der Waals surface area (Å²) in [7, 11) is 0. The first-order valence-electron chi connectivity index (χ1n) is 8.71. The molecule has 1 aliphatic rings. The van der Waals surface area contributed by atoms with E-state index in [0.29, 0.717) is 58.5 Å². The summed E-state index contributed by atoms with van der Waals surface area (Å²) < 4.78 is 21.8. The molecule has 0 saturated heterocycles. The van der Waals surface area contributed by atoms with Crippen LogP contribution in [-0.4, -0.2) is 29.3 Å². The number of carbonyl (C=O) groups excluding carboxylic acids is 1. The predicted octanol–water partition coefficient (Wildman–Crippen LogP) is 3.81. The Morgan fingerprint density at radius 2 is 1.96 bits per heavy atom. The van der Waals surface area contributed by atoms with Gasteiger partial charge < -0.3 is 23.7 Å². The molecule has 1 aromatic carbocycles. The van der Waals surface area contributed by atoms with Crippen LogP contribution in [0.3, 0.4) is 0 Å². The number of ether oxygens (including phenoxy) is 2. The van der Waals surface area contributed by atoms with Gasteiger partial charge in [-0.05, 0) is 37.3 Å². The van der Waals surface area contributed by atoms with Crippen molar-refractivity contribution in [2.24, 2.45) is 0 Å². The van der Waals surface area contributed by atoms with Gasteiger partial charge in [-0.15, -0.1) is 0 Å². The minimum atomic E-state index is -0.316. The third-order valence-corrected chi connectivity index (χ3v) is 4.44. The Morgan fingerprint density at radius 1 is 1.11 bits per heavy atom. The fraction of sp³-hybridized carbons (Fsp3) is 0.150. The van der Waals surface area contributed by atoms with E-state index >= 15 is 0 Å². The Kier molecular flexibility index (Phi) is 3.75. The Labute approximate surface area is 159 Å². The maximum Gasteiger partial charge on any atom is 0.259 e. The number of furan rings is 1. The predicted molar refractivity (Wildman–Crippen MR) is 99.6 cm³/mol. The molecule has 0 fully saturated rings. The number of amides is 1. The van der Waals surface area contributed by atoms with Gasteiger partial charge in [0.05, 0.1) is 22.9 Å². The van der Waals surface area contributed by atoms with Crippen LogP contribution in [0.25, 0.3) is 22.6 Å². The number of hydrogen-bond donors (Lipinski definition) is 1. The standard InChI is InChI=1S/C20H15N3O5/c1-11-18-13(10-14(15-3-2-6-25-15)22-20(18)28-23-11)19(24)21-12-4-5-16-17(9-12)27-8-7-26-16/h2-6,9-10H,7-8H2,1H3,(H,21,24). The number of carbonyl (C=O) groups is 1. The van der Waals surface area contributed by atoms with Crippen LogP contribution < -0.4 is 14.8 Å². The second kappa shape index (κ2) is 6.41. The lowest BCUT2D eigenvalue weighted by Crippen LogP contribution is -2.16. The molecule has 8 heteroatoms. The van der Waals surface area contributed by atoms with Crippen molar-refractivity contribution in [2.75, 3.05) is 18.5 Å². The van der Waals surface area contributed by atoms with Crippen molar-refractivity contribution in [1.29, 1.82) is 0 Å². The first-order valence-corrected chi connectivity index (χ1v) is 8.71. The average molecular weight is 377 g/mol. The number of nitrogens with zero attached hydrogens (tertiary/aromatic N) is 2. The normalized spacial score (nSPS) is 12.9. The quantitative estimate of drug-likeness (QED) is 0.579. The summed E-state index contributed by atoms with van der Waals surface area (Å²) in [4.78, 5) is 17.5. The molecule has 3 aromatic heterocycles. The highest BCUT2D eigenvalue weighted by atomic mass is 16.6. The van der Waals surface area contributed by atoms with E-state index in [0.717, 1.165) is 0 Å². The molecule has 0 spiro atoms. The fourth-order valence-electron chi connectivity index (χ4n) is 3.14. The van der Waals surface area contributed by atoms with Gasteiger partial charge in [-0.25, -0.2) is 4.98 Å². The van der Waals surface area contributed by atoms with Crippen LogP contribution >= 0.6 is 0 Å². The number of anilines is 1. The molecule has 0 unspecified atom stereocenters. The smallest absolute Gasteiger partial charge is 0.259 e. The summed E-state index contributed by atoms with van der Waals surface area (Å²) >= 11 is 0. The number of rotatable bonds is 3. The van der Waals surface area contributed by atoms with Crippen LogP contribution in [0, 0.1) is 6.92 Å². The molecule has 140 valence electrons. The lowest BCUT2D eigenvalue weighted by molar-refractivity contribution is 0.102. The lowest BCUT2D eigenvalue weighted by Gasteiger charge is -2.19. The summed E-state index contributed by atoms with van der Waals surface area (Å²) in [5.41, 5.74) is 2.33. The van der Waals surface area contributed by atoms with E-state index < -0.39 is 0 Å². The van der Waals surface area contributed by atoms with Crippen LogP contribution in [-0.2, 0) is 0 Å². The number of aryl methyl sites for hydroxylation is 1. The minimum absolute atomic E-state index is 0.277. The summed E-state index contributed by atoms with van der Waals surface area (Å²) in [5.74, 6) is 1.47. The van der Waals surface area contributed by atoms with Crippen molar-refractivity contribution in [3.63, 3.8) is 0 Å². The van der Waals surface area contributed by atoms with Gasteiger partial charge >= 0.3 is 0 Å². The van der Waals surface area contributed by atoms with Gasteiger partial charge in [0.15, 0.2) is 17.3 Å². The fourth-order valence-corrected chi connectivity index (χ4v) is 3.14. The molecule has 28 heavy (non-hydrogen) atoms. The molecule has 0 saturated carbocycles. The van der Waals surface area contributed by atoms with Gasteiger partial charge in [0.1, 0.15) is 18.9 Å². The molecule has 1 N–H and O–H groups in total. The van der Waals surface area contributed by atoms with E-state index in [9.17, 15) is 4.79 Å². The first kappa shape index (κ1) is 16.4. The maximum atomic E-state index is 13.1. The second-order valence-electron chi connectivity index (χ2n) is 6.29. The number of benzene rings is 1. The minimum Gasteiger partial charge on any atom is -0.486 e. The van der Waals surface area contributed by atoms with E-state index in [2.05, 4.69) is 15.5 Å². The Hall–Kier alpha value is -3.81. The molecule has 0 aliphatic carbocycles. The monoisotopic (exact) mass is 377 g/mol. The van der Waals surface area contributed by atoms with E-state index in [-0.39, 0.29) is 11.6 Å². The largest absolute Gasteiger partial charge is 0.486 e. The Morgan fingerprint density at radius 3 is 2.79 bits per heavy atom. The van der Waals surface area contributed by atoms with Gasteiger partial charge in [-0.3, -0.25) is 4.79 Å². The number of aromatic nitrogens is 2. The van der Waals surface area contributed by atoms with Crippen LogP contribution in [0.1, 0.15) is 16.1 Å². The summed E-state index contributed by atoms with van der Waals surface area (Å²) in [6.07, 6.45) is 1.54. The summed E-state index contributed by atoms with van der Waals surface area (Å²) in [6.45, 7) is 2.75. The van der Waals surface area contributed by atoms with Crippen LogP contribution in [0.4, 0.5) is 5.69 Å². The number of hydrogen-bond acceptors (Lipinski definition) is 7. The van der Waals surface area contributed by atoms with Crippen molar-refractivity contribution in [2.45, 2.75) is 6.92 Å². The molecular weight excluding hydrogens is 362 g/mol. The van der Waals surface area contributed by atoms with Crippen molar-refractivity contribution in [3.8, 4) is 23.0 Å². The Bertz CT molecular complexity index is 1180. The third kappa shape index (κ3) is 2.75. The summed E-state index contributed by atoms with van der Waals surface area (Å²) in [6, 6.07) is 10.4. The third-order valence-electron chi connectivity index (χ3n) is 4.44. The van der Waals surface area contributed by atoms with Crippen LogP contribution in [0.2, 0.25) is 0 Å². The molecule has 5 rings (SSSR count). The second-order valence-corrected chi connectivity index (χ2v) is 6.29. The highest BCUT2D eigenvalue weighted by molar-refractivity contribution is 6.13. The highest BCUT2D eigenvalue weighted by Gasteiger charge is 2.21. The molecule has 4 heterocycles. The van der Waals surface area contributed by atoms with Gasteiger partial charge in [0.25, 0.3) is 11.6 Å². The van der Waals surface area contributed by atoms with Crippen LogP contribution in [0.5, 0.6) is 11.5 Å². The molecule has 1 aliphatic heterocycles. The SMILES string of the molecule is Cc1noc2nc(-c3ccco3)cc(C(=O)Nc3ccc4c(c3)OCCO4)c12. The zero-order valence-corrected chi connectivity index (χ0v) is 14.9. The molecule has 1 amide bonds. The number of nitrogens with one attached hydrogen (secondary N) is 1. The van der Waals surface area contributed by atoms with Gasteiger partial charge in [-0.2, -0.15) is 0 Å². The highest BCUT2D eigenvalue weighted by Crippen LogP contribution is 2.33. The van der Waals surface area contributed by atoms with Crippen molar-refractivity contribution < 1.29 is 23.2 Å². The van der Waals surface area contributed by atoms with Crippen molar-refractivity contribution >= 4 is 22.7 Å². The van der Waals surface area contributed by atoms with Gasteiger partial charge in [0, 0.05) is 11.8 Å². The molecule has 0 radical (unpaired) electrons. The Balaban J connectivity index is 1.54. The van der Waals surface area contributed by atoms with Gasteiger partial charge in [0.2, 0.25) is 0 Å². The van der Waals surface area contributed by atoms with Crippen LogP contribution in [0.15, 0.2) is 51.6 Å². The topological polar surface area (TPSA) is 99.6 Å². The summed E-state index contributed by atoms with van der Waals surface area (Å²) in [5, 5.41) is 7.39. The van der Waals surface area contributed by atoms with Crippen molar-refractivity contribution in [3.05, 3.63) is 53.9 Å². The number of fused-ring (bicyclic) bond motifs is 2.